The zero-order valence-corrected chi connectivity index (χ0v) is 14.2. The fraction of sp³-hybridized carbons (Fsp3) is 0.412. The molecule has 3 rings (SSSR count). The Morgan fingerprint density at radius 3 is 2.76 bits per heavy atom. The van der Waals surface area contributed by atoms with Crippen molar-refractivity contribution in [3.8, 4) is 0 Å². The molecule has 1 aromatic rings. The van der Waals surface area contributed by atoms with Crippen molar-refractivity contribution in [1.82, 2.24) is 20.4 Å². The predicted octanol–water partition coefficient (Wildman–Crippen LogP) is 0.219. The van der Waals surface area contributed by atoms with E-state index in [-0.39, 0.29) is 24.3 Å². The third-order valence-corrected chi connectivity index (χ3v) is 4.52. The summed E-state index contributed by atoms with van der Waals surface area (Å²) in [7, 11) is 3.30. The van der Waals surface area contributed by atoms with Crippen LogP contribution < -0.4 is 10.6 Å². The highest BCUT2D eigenvalue weighted by atomic mass is 16.2. The number of fused-ring (bicyclic) bond motifs is 1. The standard InChI is InChI=1S/C17H20N4O4/c1-20(2)17(25)18-8-10-4-3-5-11-12(10)9-21(16(11)24)13-6-7-14(22)19-15(13)23/h3-5,13H,6-9H2,1-2H3,(H,18,25)(H,19,22,23). The fourth-order valence-electron chi connectivity index (χ4n) is 3.14. The number of amides is 5. The highest BCUT2D eigenvalue weighted by Gasteiger charge is 2.39. The average Bonchev–Trinajstić information content (AvgIpc) is 2.90. The first-order valence-electron chi connectivity index (χ1n) is 8.09. The van der Waals surface area contributed by atoms with Gasteiger partial charge in [-0.3, -0.25) is 19.7 Å². The van der Waals surface area contributed by atoms with Gasteiger partial charge >= 0.3 is 6.03 Å². The van der Waals surface area contributed by atoms with Gasteiger partial charge in [-0.15, -0.1) is 0 Å². The number of urea groups is 1. The SMILES string of the molecule is CN(C)C(=O)NCc1cccc2c1CN(C1CCC(=O)NC1=O)C2=O. The molecule has 1 atom stereocenters. The van der Waals surface area contributed by atoms with Gasteiger partial charge in [0.15, 0.2) is 0 Å². The predicted molar refractivity (Wildman–Crippen MR) is 88.4 cm³/mol. The van der Waals surface area contributed by atoms with Gasteiger partial charge in [0, 0.05) is 39.2 Å². The van der Waals surface area contributed by atoms with Gasteiger partial charge in [-0.25, -0.2) is 4.79 Å². The van der Waals surface area contributed by atoms with Gasteiger partial charge in [0.2, 0.25) is 11.8 Å². The quantitative estimate of drug-likeness (QED) is 0.766. The van der Waals surface area contributed by atoms with Crippen molar-refractivity contribution in [1.29, 1.82) is 0 Å². The summed E-state index contributed by atoms with van der Waals surface area (Å²) in [5.41, 5.74) is 2.20. The number of benzene rings is 1. The van der Waals surface area contributed by atoms with Crippen molar-refractivity contribution in [2.75, 3.05) is 14.1 Å². The van der Waals surface area contributed by atoms with Crippen LogP contribution in [0.3, 0.4) is 0 Å². The molecule has 0 bridgehead atoms. The largest absolute Gasteiger partial charge is 0.334 e. The van der Waals surface area contributed by atoms with Gasteiger partial charge in [0.05, 0.1) is 0 Å². The van der Waals surface area contributed by atoms with Crippen molar-refractivity contribution in [3.05, 3.63) is 34.9 Å². The van der Waals surface area contributed by atoms with Crippen molar-refractivity contribution in [2.45, 2.75) is 32.0 Å². The zero-order valence-electron chi connectivity index (χ0n) is 14.2. The highest BCUT2D eigenvalue weighted by Crippen LogP contribution is 2.29. The molecule has 0 aliphatic carbocycles. The van der Waals surface area contributed by atoms with Crippen LogP contribution in [0.4, 0.5) is 4.79 Å². The molecule has 0 saturated carbocycles. The van der Waals surface area contributed by atoms with E-state index in [2.05, 4.69) is 10.6 Å². The highest BCUT2D eigenvalue weighted by molar-refractivity contribution is 6.05. The molecule has 2 heterocycles. The smallest absolute Gasteiger partial charge is 0.317 e. The van der Waals surface area contributed by atoms with Gasteiger partial charge in [-0.05, 0) is 23.6 Å². The minimum atomic E-state index is -0.637. The van der Waals surface area contributed by atoms with Crippen LogP contribution in [0.1, 0.15) is 34.3 Å². The lowest BCUT2D eigenvalue weighted by Crippen LogP contribution is -2.52. The second-order valence-corrected chi connectivity index (χ2v) is 6.40. The average molecular weight is 344 g/mol. The molecule has 0 spiro atoms. The molecule has 5 amide bonds. The summed E-state index contributed by atoms with van der Waals surface area (Å²) < 4.78 is 0. The molecule has 2 aliphatic heterocycles. The summed E-state index contributed by atoms with van der Waals surface area (Å²) in [5, 5.41) is 5.07. The molecule has 1 saturated heterocycles. The van der Waals surface area contributed by atoms with Crippen LogP contribution in [0.25, 0.3) is 0 Å². The first-order valence-corrected chi connectivity index (χ1v) is 8.09. The van der Waals surface area contributed by atoms with E-state index in [1.54, 1.807) is 26.2 Å². The third kappa shape index (κ3) is 3.19. The summed E-state index contributed by atoms with van der Waals surface area (Å²) in [6.07, 6.45) is 0.555. The summed E-state index contributed by atoms with van der Waals surface area (Å²) in [4.78, 5) is 50.7. The van der Waals surface area contributed by atoms with Crippen LogP contribution in [0.15, 0.2) is 18.2 Å². The topological polar surface area (TPSA) is 98.8 Å². The number of hydrogen-bond acceptors (Lipinski definition) is 4. The Morgan fingerprint density at radius 2 is 2.08 bits per heavy atom. The molecule has 1 fully saturated rings. The summed E-state index contributed by atoms with van der Waals surface area (Å²) in [6, 6.07) is 4.49. The molecule has 2 N–H and O–H groups in total. The van der Waals surface area contributed by atoms with E-state index < -0.39 is 11.9 Å². The molecule has 1 aromatic carbocycles. The lowest BCUT2D eigenvalue weighted by Gasteiger charge is -2.29. The first kappa shape index (κ1) is 16.9. The monoisotopic (exact) mass is 344 g/mol. The van der Waals surface area contributed by atoms with Gasteiger partial charge in [-0.2, -0.15) is 0 Å². The molecular weight excluding hydrogens is 324 g/mol. The maximum absolute atomic E-state index is 12.7. The third-order valence-electron chi connectivity index (χ3n) is 4.52. The van der Waals surface area contributed by atoms with Crippen molar-refractivity contribution in [2.24, 2.45) is 0 Å². The number of carbonyl (C=O) groups is 4. The molecular formula is C17H20N4O4. The summed E-state index contributed by atoms with van der Waals surface area (Å²) in [5.74, 6) is -0.956. The normalized spacial score (nSPS) is 19.5. The van der Waals surface area contributed by atoms with E-state index in [1.807, 2.05) is 6.07 Å². The minimum Gasteiger partial charge on any atom is -0.334 e. The van der Waals surface area contributed by atoms with Crippen LogP contribution in [0.5, 0.6) is 0 Å². The van der Waals surface area contributed by atoms with Crippen molar-refractivity contribution >= 4 is 23.8 Å². The second kappa shape index (κ2) is 6.54. The van der Waals surface area contributed by atoms with Crippen LogP contribution >= 0.6 is 0 Å². The van der Waals surface area contributed by atoms with Crippen molar-refractivity contribution < 1.29 is 19.2 Å². The van der Waals surface area contributed by atoms with Crippen LogP contribution in [-0.2, 0) is 22.7 Å². The van der Waals surface area contributed by atoms with Gasteiger partial charge < -0.3 is 15.1 Å². The molecule has 25 heavy (non-hydrogen) atoms. The second-order valence-electron chi connectivity index (χ2n) is 6.40. The number of rotatable bonds is 3. The number of nitrogens with one attached hydrogen (secondary N) is 2. The van der Waals surface area contributed by atoms with E-state index in [0.717, 1.165) is 11.1 Å². The maximum atomic E-state index is 12.7. The molecule has 0 aromatic heterocycles. The molecule has 1 unspecified atom stereocenters. The fourth-order valence-corrected chi connectivity index (χ4v) is 3.14. The molecule has 2 aliphatic rings. The molecule has 0 radical (unpaired) electrons. The lowest BCUT2D eigenvalue weighted by atomic mass is 10.0. The van der Waals surface area contributed by atoms with Crippen LogP contribution in [-0.4, -0.2) is 53.7 Å². The van der Waals surface area contributed by atoms with E-state index in [1.165, 1.54) is 9.80 Å². The lowest BCUT2D eigenvalue weighted by molar-refractivity contribution is -0.136. The maximum Gasteiger partial charge on any atom is 0.317 e. The minimum absolute atomic E-state index is 0.217. The number of nitrogens with zero attached hydrogens (tertiary/aromatic N) is 2. The first-order chi connectivity index (χ1) is 11.9. The number of piperidine rings is 1. The van der Waals surface area contributed by atoms with E-state index in [0.29, 0.717) is 25.1 Å². The summed E-state index contributed by atoms with van der Waals surface area (Å²) >= 11 is 0. The number of hydrogen-bond donors (Lipinski definition) is 2. The Bertz CT molecular complexity index is 759. The van der Waals surface area contributed by atoms with Crippen LogP contribution in [0, 0.1) is 0 Å². The summed E-state index contributed by atoms with van der Waals surface area (Å²) in [6.45, 7) is 0.602. The van der Waals surface area contributed by atoms with E-state index in [9.17, 15) is 19.2 Å². The van der Waals surface area contributed by atoms with E-state index in [4.69, 9.17) is 0 Å². The molecule has 132 valence electrons. The molecule has 8 nitrogen and oxygen atoms in total. The molecule has 8 heteroatoms. The number of imide groups is 1. The van der Waals surface area contributed by atoms with E-state index >= 15 is 0 Å². The Balaban J connectivity index is 1.79. The van der Waals surface area contributed by atoms with Gasteiger partial charge in [0.1, 0.15) is 6.04 Å². The Morgan fingerprint density at radius 1 is 1.32 bits per heavy atom. The Hall–Kier alpha value is -2.90. The Labute approximate surface area is 145 Å². The zero-order chi connectivity index (χ0) is 18.1. The number of carbonyl (C=O) groups excluding carboxylic acids is 4. The van der Waals surface area contributed by atoms with Crippen molar-refractivity contribution in [3.63, 3.8) is 0 Å². The van der Waals surface area contributed by atoms with Crippen LogP contribution in [0.2, 0.25) is 0 Å². The Kier molecular flexibility index (Phi) is 4.43. The van der Waals surface area contributed by atoms with Gasteiger partial charge in [-0.1, -0.05) is 12.1 Å². The van der Waals surface area contributed by atoms with Gasteiger partial charge in [0.25, 0.3) is 5.91 Å².